The van der Waals surface area contributed by atoms with Gasteiger partial charge < -0.3 is 198 Å². The first kappa shape index (κ1) is 71.7. The lowest BCUT2D eigenvalue weighted by Crippen LogP contribution is -2.69. The van der Waals surface area contributed by atoms with E-state index in [-0.39, 0.29) is 0 Å². The average Bonchev–Trinajstić information content (AvgIpc) is 1.23. The molecule has 0 radical (unpaired) electrons. The van der Waals surface area contributed by atoms with Crippen molar-refractivity contribution in [3.8, 4) is 0 Å². The molecule has 0 aliphatic carbocycles. The highest BCUT2D eigenvalue weighted by Crippen LogP contribution is 2.40. The minimum atomic E-state index is -2.25. The number of hydrogen-bond acceptors (Lipinski definition) is 40. The Balaban J connectivity index is 0.980. The Morgan fingerprint density at radius 2 is 0.281 bits per heavy atom. The van der Waals surface area contributed by atoms with Crippen LogP contribution in [0.5, 0.6) is 0 Å². The largest absolute Gasteiger partial charge is 0.396 e. The van der Waals surface area contributed by atoms with Crippen molar-refractivity contribution >= 4 is 0 Å². The Labute approximate surface area is 502 Å². The SMILES string of the molecule is OCC[C@H]1OC2O[C@H]3[C@H](O)[C@@H](O)C(O[C@H]4[C@H](O)[C@@H](O)C(O[C@H]5[C@H](O)[C@@H](O)C(O[C@H]6[C@H](O)[C@@H](O)C(O[C@H]7[C@H](O)[C@@H](O)C(O[C@H]8[C@H](O)[C@@H](O)C(O[C@H]9[C@H](O)[C@@H](O)C(O[C@H]1[C@H](O)[C@H]2O)O[C@@H]9CO)O[C@@H]8CO)O[C@@H]7CO)O[C@@H]6CO)O[C@@H]5CO)O[C@@H]4CO)O[C@@H]3CO. The molecule has 0 saturated carbocycles. The van der Waals surface area contributed by atoms with Crippen molar-refractivity contribution in [2.45, 2.75) is 252 Å². The Morgan fingerprint density at radius 1 is 0.157 bits per heavy atom. The summed E-state index contributed by atoms with van der Waals surface area (Å²) in [5, 5.41) is 265. The first-order chi connectivity index (χ1) is 42.4. The van der Waals surface area contributed by atoms with Gasteiger partial charge in [0, 0.05) is 6.61 Å². The highest BCUT2D eigenvalue weighted by molar-refractivity contribution is 5.02. The maximum atomic E-state index is 11.5. The van der Waals surface area contributed by atoms with Crippen molar-refractivity contribution in [1.82, 2.24) is 0 Å². The summed E-state index contributed by atoms with van der Waals surface area (Å²) >= 11 is 0. The van der Waals surface area contributed by atoms with Gasteiger partial charge in [-0.25, -0.2) is 0 Å². The van der Waals surface area contributed by atoms with E-state index in [2.05, 4.69) is 0 Å². The van der Waals surface area contributed by atoms with Gasteiger partial charge in [-0.1, -0.05) is 0 Å². The monoisotopic (exact) mass is 1310 g/mol. The zero-order chi connectivity index (χ0) is 64.8. The van der Waals surface area contributed by atoms with Crippen LogP contribution >= 0.6 is 0 Å². The Hall–Kier alpha value is -1.60. The highest BCUT2D eigenvalue weighted by atomic mass is 16.8. The van der Waals surface area contributed by atoms with E-state index >= 15 is 0 Å². The number of aliphatic hydroxyl groups is 24. The summed E-state index contributed by atoms with van der Waals surface area (Å²) in [5.74, 6) is 0. The number of rotatable bonds is 9. The third kappa shape index (κ3) is 14.3. The second-order valence-corrected chi connectivity index (χ2v) is 22.8. The van der Waals surface area contributed by atoms with Crippen molar-refractivity contribution in [2.75, 3.05) is 52.9 Å². The normalized spacial score (nSPS) is 54.9. The van der Waals surface area contributed by atoms with Crippen LogP contribution in [0.4, 0.5) is 0 Å². The van der Waals surface area contributed by atoms with Crippen LogP contribution in [0.2, 0.25) is 0 Å². The molecule has 40 nitrogen and oxygen atoms in total. The van der Waals surface area contributed by atoms with Crippen LogP contribution in [0.3, 0.4) is 0 Å². The Morgan fingerprint density at radius 3 is 0.404 bits per heavy atom. The zero-order valence-corrected chi connectivity index (χ0v) is 46.7. The summed E-state index contributed by atoms with van der Waals surface area (Å²) in [6.07, 6.45) is -81.8. The minimum Gasteiger partial charge on any atom is -0.396 e. The molecule has 0 aromatic carbocycles. The topological polar surface area (TPSA) is 633 Å². The summed E-state index contributed by atoms with van der Waals surface area (Å²) in [7, 11) is 0. The molecular formula is C49H82O40. The van der Waals surface area contributed by atoms with Gasteiger partial charge in [-0.05, 0) is 6.42 Å². The second kappa shape index (κ2) is 30.6. The predicted octanol–water partition coefficient (Wildman–Crippen LogP) is -17.0. The number of ether oxygens (including phenoxy) is 16. The van der Waals surface area contributed by atoms with Gasteiger partial charge in [0.2, 0.25) is 0 Å². The second-order valence-electron chi connectivity index (χ2n) is 22.8. The first-order valence-corrected chi connectivity index (χ1v) is 28.6. The fraction of sp³-hybridized carbons (Fsp3) is 1.00. The molecule has 518 valence electrons. The molecular weight excluding hydrogens is 1230 g/mol. The molecule has 0 aromatic heterocycles. The lowest BCUT2D eigenvalue weighted by atomic mass is 9.94. The van der Waals surface area contributed by atoms with E-state index in [1.54, 1.807) is 0 Å². The fourth-order valence-corrected chi connectivity index (χ4v) is 12.1. The molecule has 24 N–H and O–H groups in total. The van der Waals surface area contributed by atoms with Gasteiger partial charge in [-0.3, -0.25) is 0 Å². The lowest BCUT2D eigenvalue weighted by Gasteiger charge is -2.50. The van der Waals surface area contributed by atoms with Crippen molar-refractivity contribution in [1.29, 1.82) is 0 Å². The molecule has 0 spiro atoms. The summed E-state index contributed by atoms with van der Waals surface area (Å²) in [4.78, 5) is 0. The van der Waals surface area contributed by atoms with Gasteiger partial charge in [-0.15, -0.1) is 0 Å². The smallest absolute Gasteiger partial charge is 0.187 e. The average molecular weight is 1310 g/mol. The maximum absolute atomic E-state index is 11.5. The van der Waals surface area contributed by atoms with Crippen molar-refractivity contribution < 1.29 is 198 Å². The van der Waals surface area contributed by atoms with E-state index in [1.807, 2.05) is 0 Å². The van der Waals surface area contributed by atoms with Crippen LogP contribution in [0.15, 0.2) is 0 Å². The van der Waals surface area contributed by atoms with Crippen LogP contribution in [0.25, 0.3) is 0 Å². The van der Waals surface area contributed by atoms with Gasteiger partial charge >= 0.3 is 0 Å². The molecule has 8 unspecified atom stereocenters. The lowest BCUT2D eigenvalue weighted by molar-refractivity contribution is -0.403. The molecule has 30 aliphatic heterocycles. The van der Waals surface area contributed by atoms with E-state index in [9.17, 15) is 123 Å². The number of hydrogen-bond donors (Lipinski definition) is 24. The van der Waals surface area contributed by atoms with Crippen LogP contribution in [0.1, 0.15) is 6.42 Å². The molecule has 30 fully saturated rings. The standard InChI is InChI=1S/C49H82O40/c50-2-1-10-34-18(58)26(66)42(74-10)83-35-11(3-51)76-44(28(68)20(35)60)85-37-13(5-53)78-46(30(70)22(37)62)87-39-15(7-55)80-48(32(72)24(39)64)89-41-17(9-57)81-49(33(73)25(41)65)88-40-16(8-56)79-47(31(71)23(40)63)86-38-14(6-54)77-45(29(69)21(38)61)84-36-12(4-52)75-43(82-34)27(67)19(36)59/h10-73H,1-9H2/t10-,11-,12-,13-,14-,15-,16-,17-,18-,19-,20-,21-,22-,23-,24-,25-,26-,27-,28-,29-,30-,31-,32-,33-,34-,35-,36-,37-,38-,39-,40-,41-,42?,43?,44?,45?,46?,47?,48?,49?/m1/s1. The van der Waals surface area contributed by atoms with Crippen molar-refractivity contribution in [3.63, 3.8) is 0 Å². The molecule has 89 heavy (non-hydrogen) atoms. The van der Waals surface area contributed by atoms with Crippen LogP contribution in [-0.4, -0.2) is 421 Å². The van der Waals surface area contributed by atoms with Crippen LogP contribution in [0, 0.1) is 0 Å². The van der Waals surface area contributed by atoms with E-state index in [0.717, 1.165) is 0 Å². The third-order valence-corrected chi connectivity index (χ3v) is 17.1. The van der Waals surface area contributed by atoms with Gasteiger partial charge in [-0.2, -0.15) is 0 Å². The van der Waals surface area contributed by atoms with Gasteiger partial charge in [0.15, 0.2) is 50.3 Å². The number of aliphatic hydroxyl groups excluding tert-OH is 24. The zero-order valence-electron chi connectivity index (χ0n) is 46.7. The molecule has 40 heteroatoms. The summed E-state index contributed by atoms with van der Waals surface area (Å²) in [5.41, 5.74) is 0. The molecule has 0 amide bonds. The molecule has 30 saturated heterocycles. The van der Waals surface area contributed by atoms with Gasteiger partial charge in [0.1, 0.15) is 189 Å². The Bertz CT molecular complexity index is 2150. The first-order valence-electron chi connectivity index (χ1n) is 28.6. The maximum Gasteiger partial charge on any atom is 0.187 e. The molecule has 40 atom stereocenters. The van der Waals surface area contributed by atoms with Gasteiger partial charge in [0.25, 0.3) is 0 Å². The minimum absolute atomic E-state index is 0.455. The highest BCUT2D eigenvalue weighted by Gasteiger charge is 2.60. The van der Waals surface area contributed by atoms with E-state index < -0.39 is 305 Å². The molecule has 16 bridgehead atoms. The van der Waals surface area contributed by atoms with E-state index in [4.69, 9.17) is 75.8 Å². The van der Waals surface area contributed by atoms with Crippen LogP contribution in [-0.2, 0) is 75.8 Å². The van der Waals surface area contributed by atoms with Crippen LogP contribution < -0.4 is 0 Å². The van der Waals surface area contributed by atoms with Crippen molar-refractivity contribution in [3.05, 3.63) is 0 Å². The molecule has 30 aliphatic rings. The molecule has 30 rings (SSSR count). The van der Waals surface area contributed by atoms with Crippen molar-refractivity contribution in [2.24, 2.45) is 0 Å². The van der Waals surface area contributed by atoms with E-state index in [0.29, 0.717) is 0 Å². The quantitative estimate of drug-likeness (QED) is 0.102. The fourth-order valence-electron chi connectivity index (χ4n) is 12.1. The third-order valence-electron chi connectivity index (χ3n) is 17.1. The summed E-state index contributed by atoms with van der Waals surface area (Å²) < 4.78 is 91.6. The summed E-state index contributed by atoms with van der Waals surface area (Å²) in [6, 6.07) is 0. The molecule has 0 aromatic rings. The summed E-state index contributed by atoms with van der Waals surface area (Å²) in [6.45, 7) is -8.26. The van der Waals surface area contributed by atoms with Gasteiger partial charge in [0.05, 0.1) is 52.4 Å². The van der Waals surface area contributed by atoms with E-state index in [1.165, 1.54) is 0 Å². The molecule has 30 heterocycles. The Kier molecular flexibility index (Phi) is 24.7. The predicted molar refractivity (Wildman–Crippen MR) is 266 cm³/mol.